The molecule has 2 unspecified atom stereocenters. The lowest BCUT2D eigenvalue weighted by Crippen LogP contribution is -2.58. The first-order valence-electron chi connectivity index (χ1n) is 10.7. The van der Waals surface area contributed by atoms with E-state index in [4.69, 9.17) is 5.11 Å². The molecule has 4 saturated carbocycles. The maximum absolute atomic E-state index is 12.3. The molecular weight excluding hydrogens is 408 g/mol. The van der Waals surface area contributed by atoms with Gasteiger partial charge < -0.3 is 10.2 Å². The zero-order valence-corrected chi connectivity index (χ0v) is 18.1. The molecule has 0 aliphatic heterocycles. The number of halogens is 1. The van der Waals surface area contributed by atoms with Crippen molar-refractivity contribution in [2.75, 3.05) is 0 Å². The summed E-state index contributed by atoms with van der Waals surface area (Å²) in [5, 5.41) is 20.6. The van der Waals surface area contributed by atoms with Crippen LogP contribution in [0.2, 0.25) is 0 Å². The van der Waals surface area contributed by atoms with Gasteiger partial charge in [-0.2, -0.15) is 0 Å². The number of rotatable bonds is 3. The Morgan fingerprint density at radius 2 is 1.78 bits per heavy atom. The number of alkyl halides is 1. The second-order valence-corrected chi connectivity index (χ2v) is 11.3. The minimum atomic E-state index is -0.834. The van der Waals surface area contributed by atoms with Gasteiger partial charge >= 0.3 is 5.97 Å². The number of carboxylic acid groups (broad SMARTS) is 1. The number of carbonyl (C=O) groups is 2. The van der Waals surface area contributed by atoms with Gasteiger partial charge in [0.1, 0.15) is 5.78 Å². The molecule has 27 heavy (non-hydrogen) atoms. The number of hydrogen-bond donors (Lipinski definition) is 2. The van der Waals surface area contributed by atoms with E-state index in [9.17, 15) is 14.7 Å². The molecule has 0 heterocycles. The second kappa shape index (κ2) is 6.55. The standard InChI is InChI=1S/C22H33BrO4/c1-20-9-7-17(24)19(23)16(20)4-3-13-14(20)5-10-21(2)15(13)6-11-22(21,27)12-8-18(25)26/h13-16,19,27H,3-12H2,1-2H3,(H,25,26)/t13-,14+,15+,16?,19?,20-,21+,22+/m1/s1. The molecule has 4 aliphatic carbocycles. The number of aliphatic hydroxyl groups is 1. The number of aliphatic carboxylic acids is 1. The molecule has 4 nitrogen and oxygen atoms in total. The van der Waals surface area contributed by atoms with Crippen LogP contribution in [0.3, 0.4) is 0 Å². The molecule has 0 aromatic rings. The van der Waals surface area contributed by atoms with E-state index in [0.717, 1.165) is 44.9 Å². The molecule has 4 fully saturated rings. The van der Waals surface area contributed by atoms with Gasteiger partial charge in [-0.3, -0.25) is 9.59 Å². The van der Waals surface area contributed by atoms with E-state index < -0.39 is 11.6 Å². The molecule has 0 saturated heterocycles. The fraction of sp³-hybridized carbons (Fsp3) is 0.909. The van der Waals surface area contributed by atoms with E-state index in [1.54, 1.807) is 0 Å². The lowest BCUT2D eigenvalue weighted by atomic mass is 9.44. The molecule has 4 aliphatic rings. The van der Waals surface area contributed by atoms with Crippen molar-refractivity contribution in [1.29, 1.82) is 0 Å². The normalized spacial score (nSPS) is 52.0. The fourth-order valence-electron chi connectivity index (χ4n) is 7.93. The summed E-state index contributed by atoms with van der Waals surface area (Å²) in [6.07, 6.45) is 8.23. The second-order valence-electron chi connectivity index (χ2n) is 10.4. The summed E-state index contributed by atoms with van der Waals surface area (Å²) in [5.41, 5.74) is -0.779. The molecule has 0 spiro atoms. The molecule has 0 aromatic carbocycles. The first-order valence-corrected chi connectivity index (χ1v) is 11.6. The number of hydrogen-bond acceptors (Lipinski definition) is 3. The Morgan fingerprint density at radius 1 is 1.07 bits per heavy atom. The quantitative estimate of drug-likeness (QED) is 0.630. The Labute approximate surface area is 170 Å². The Kier molecular flexibility index (Phi) is 4.82. The van der Waals surface area contributed by atoms with Crippen LogP contribution < -0.4 is 0 Å². The van der Waals surface area contributed by atoms with E-state index in [0.29, 0.717) is 42.3 Å². The number of Topliss-reactive ketones (excluding diaryl/α,β-unsaturated/α-hetero) is 1. The zero-order chi connectivity index (χ0) is 19.6. The first-order chi connectivity index (χ1) is 12.6. The van der Waals surface area contributed by atoms with Crippen LogP contribution in [-0.2, 0) is 9.59 Å². The van der Waals surface area contributed by atoms with Crippen molar-refractivity contribution in [3.8, 4) is 0 Å². The smallest absolute Gasteiger partial charge is 0.303 e. The van der Waals surface area contributed by atoms with Crippen molar-refractivity contribution < 1.29 is 19.8 Å². The number of carbonyl (C=O) groups excluding carboxylic acids is 1. The van der Waals surface area contributed by atoms with Crippen LogP contribution in [0.5, 0.6) is 0 Å². The highest BCUT2D eigenvalue weighted by atomic mass is 79.9. The molecule has 5 heteroatoms. The highest BCUT2D eigenvalue weighted by molar-refractivity contribution is 9.10. The van der Waals surface area contributed by atoms with Crippen LogP contribution in [-0.4, -0.2) is 32.4 Å². The minimum absolute atomic E-state index is 0.0154. The molecule has 0 bridgehead atoms. The van der Waals surface area contributed by atoms with Gasteiger partial charge in [0.2, 0.25) is 0 Å². The molecule has 152 valence electrons. The third kappa shape index (κ3) is 2.78. The highest BCUT2D eigenvalue weighted by Gasteiger charge is 2.65. The lowest BCUT2D eigenvalue weighted by molar-refractivity contribution is -0.160. The molecular formula is C22H33BrO4. The summed E-state index contributed by atoms with van der Waals surface area (Å²) < 4.78 is 0. The lowest BCUT2D eigenvalue weighted by Gasteiger charge is -2.61. The van der Waals surface area contributed by atoms with E-state index in [2.05, 4.69) is 29.8 Å². The highest BCUT2D eigenvalue weighted by Crippen LogP contribution is 2.69. The summed E-state index contributed by atoms with van der Waals surface area (Å²) in [7, 11) is 0. The molecule has 0 aromatic heterocycles. The summed E-state index contributed by atoms with van der Waals surface area (Å²) in [4.78, 5) is 23.4. The summed E-state index contributed by atoms with van der Waals surface area (Å²) in [6, 6.07) is 0. The van der Waals surface area contributed by atoms with Crippen LogP contribution in [0.4, 0.5) is 0 Å². The van der Waals surface area contributed by atoms with Gasteiger partial charge in [-0.05, 0) is 85.9 Å². The third-order valence-corrected chi connectivity index (χ3v) is 10.7. The van der Waals surface area contributed by atoms with Crippen molar-refractivity contribution in [2.24, 2.45) is 34.5 Å². The van der Waals surface area contributed by atoms with Crippen LogP contribution in [0.15, 0.2) is 0 Å². The summed E-state index contributed by atoms with van der Waals surface area (Å²) >= 11 is 3.72. The largest absolute Gasteiger partial charge is 0.481 e. The predicted octanol–water partition coefficient (Wildman–Crippen LogP) is 4.57. The monoisotopic (exact) mass is 440 g/mol. The van der Waals surface area contributed by atoms with Crippen LogP contribution in [0.25, 0.3) is 0 Å². The van der Waals surface area contributed by atoms with E-state index >= 15 is 0 Å². The van der Waals surface area contributed by atoms with Gasteiger partial charge in [0.15, 0.2) is 0 Å². The number of ketones is 1. The van der Waals surface area contributed by atoms with Gasteiger partial charge in [0.25, 0.3) is 0 Å². The van der Waals surface area contributed by atoms with Gasteiger partial charge in [0.05, 0.1) is 10.4 Å². The van der Waals surface area contributed by atoms with Crippen molar-refractivity contribution in [1.82, 2.24) is 0 Å². The summed E-state index contributed by atoms with van der Waals surface area (Å²) in [5.74, 6) is 1.73. The van der Waals surface area contributed by atoms with Crippen LogP contribution in [0.1, 0.15) is 78.1 Å². The Morgan fingerprint density at radius 3 is 2.48 bits per heavy atom. The SMILES string of the molecule is C[C@]12CCC(=O)C(Br)C1CC[C@@H]1[C@@H]2CC[C@@]2(C)[C@H]1CC[C@]2(O)CCC(=O)O. The number of carboxylic acids is 1. The molecule has 0 amide bonds. The molecule has 4 rings (SSSR count). The topological polar surface area (TPSA) is 74.6 Å². The van der Waals surface area contributed by atoms with Gasteiger partial charge in [-0.25, -0.2) is 0 Å². The van der Waals surface area contributed by atoms with Crippen molar-refractivity contribution >= 4 is 27.7 Å². The van der Waals surface area contributed by atoms with E-state index in [1.807, 2.05) is 0 Å². The van der Waals surface area contributed by atoms with Gasteiger partial charge in [-0.15, -0.1) is 0 Å². The number of fused-ring (bicyclic) bond motifs is 5. The summed E-state index contributed by atoms with van der Waals surface area (Å²) in [6.45, 7) is 4.65. The van der Waals surface area contributed by atoms with Crippen molar-refractivity contribution in [2.45, 2.75) is 88.5 Å². The minimum Gasteiger partial charge on any atom is -0.481 e. The average Bonchev–Trinajstić information content (AvgIpc) is 2.89. The van der Waals surface area contributed by atoms with E-state index in [1.165, 1.54) is 0 Å². The molecule has 0 radical (unpaired) electrons. The average molecular weight is 441 g/mol. The van der Waals surface area contributed by atoms with Crippen LogP contribution >= 0.6 is 15.9 Å². The Bertz CT molecular complexity index is 650. The Hall–Kier alpha value is -0.420. The van der Waals surface area contributed by atoms with Gasteiger partial charge in [-0.1, -0.05) is 29.8 Å². The predicted molar refractivity (Wildman–Crippen MR) is 107 cm³/mol. The van der Waals surface area contributed by atoms with Crippen molar-refractivity contribution in [3.63, 3.8) is 0 Å². The maximum Gasteiger partial charge on any atom is 0.303 e. The fourth-order valence-corrected chi connectivity index (χ4v) is 9.02. The van der Waals surface area contributed by atoms with E-state index in [-0.39, 0.29) is 22.1 Å². The molecule has 8 atom stereocenters. The molecule has 2 N–H and O–H groups in total. The maximum atomic E-state index is 12.3. The van der Waals surface area contributed by atoms with Gasteiger partial charge in [0, 0.05) is 12.8 Å². The van der Waals surface area contributed by atoms with Crippen LogP contribution in [0, 0.1) is 34.5 Å². The zero-order valence-electron chi connectivity index (χ0n) is 16.5. The first kappa shape index (κ1) is 19.9. The van der Waals surface area contributed by atoms with Crippen molar-refractivity contribution in [3.05, 3.63) is 0 Å². The third-order valence-electron chi connectivity index (χ3n) is 9.59. The Balaban J connectivity index is 1.59.